The maximum Gasteiger partial charge on any atom is 0.162 e. The predicted molar refractivity (Wildman–Crippen MR) is 85.2 cm³/mol. The molecule has 3 aromatic rings. The van der Waals surface area contributed by atoms with E-state index in [9.17, 15) is 0 Å². The van der Waals surface area contributed by atoms with Crippen LogP contribution < -0.4 is 0 Å². The van der Waals surface area contributed by atoms with Crippen molar-refractivity contribution in [1.29, 1.82) is 0 Å². The first-order valence-electron chi connectivity index (χ1n) is 7.22. The van der Waals surface area contributed by atoms with Crippen molar-refractivity contribution in [3.8, 4) is 11.4 Å². The number of hydrogen-bond acceptors (Lipinski definition) is 6. The van der Waals surface area contributed by atoms with E-state index in [2.05, 4.69) is 36.7 Å². The Labute approximate surface area is 132 Å². The van der Waals surface area contributed by atoms with Crippen LogP contribution in [0.15, 0.2) is 41.7 Å². The molecule has 0 fully saturated rings. The van der Waals surface area contributed by atoms with Crippen LogP contribution in [-0.4, -0.2) is 31.4 Å². The molecule has 110 valence electrons. The summed E-state index contributed by atoms with van der Waals surface area (Å²) < 4.78 is 0. The van der Waals surface area contributed by atoms with Crippen LogP contribution in [0.3, 0.4) is 0 Å². The number of hydrogen-bond donors (Lipinski definition) is 0. The monoisotopic (exact) mass is 309 g/mol. The normalized spacial score (nSPS) is 14.7. The Morgan fingerprint density at radius 1 is 1.18 bits per heavy atom. The molecule has 4 heterocycles. The SMILES string of the molecule is c1ncc(-c2ncc3c(n2)CCN(Cc2ccsc2)C3)cn1. The van der Waals surface area contributed by atoms with Crippen molar-refractivity contribution in [3.63, 3.8) is 0 Å². The zero-order chi connectivity index (χ0) is 14.8. The van der Waals surface area contributed by atoms with Gasteiger partial charge in [0, 0.05) is 50.2 Å². The van der Waals surface area contributed by atoms with Gasteiger partial charge in [-0.1, -0.05) is 0 Å². The molecular formula is C16H15N5S. The molecule has 0 aromatic carbocycles. The lowest BCUT2D eigenvalue weighted by Gasteiger charge is -2.27. The minimum absolute atomic E-state index is 0.714. The van der Waals surface area contributed by atoms with E-state index >= 15 is 0 Å². The summed E-state index contributed by atoms with van der Waals surface area (Å²) in [6.07, 6.45) is 7.93. The van der Waals surface area contributed by atoms with E-state index in [1.165, 1.54) is 17.5 Å². The van der Waals surface area contributed by atoms with Gasteiger partial charge in [-0.15, -0.1) is 0 Å². The molecule has 3 aromatic heterocycles. The second-order valence-corrected chi connectivity index (χ2v) is 6.16. The molecule has 0 spiro atoms. The summed E-state index contributed by atoms with van der Waals surface area (Å²) in [7, 11) is 0. The van der Waals surface area contributed by atoms with E-state index in [-0.39, 0.29) is 0 Å². The van der Waals surface area contributed by atoms with E-state index in [1.54, 1.807) is 23.7 Å². The van der Waals surface area contributed by atoms with Crippen LogP contribution >= 0.6 is 11.3 Å². The molecule has 0 radical (unpaired) electrons. The lowest BCUT2D eigenvalue weighted by Crippen LogP contribution is -2.30. The third-order valence-corrected chi connectivity index (χ3v) is 4.55. The topological polar surface area (TPSA) is 54.8 Å². The predicted octanol–water partition coefficient (Wildman–Crippen LogP) is 2.55. The molecule has 0 atom stereocenters. The van der Waals surface area contributed by atoms with E-state index in [0.29, 0.717) is 5.82 Å². The molecule has 1 aliphatic heterocycles. The number of aromatic nitrogens is 4. The molecule has 0 saturated heterocycles. The van der Waals surface area contributed by atoms with Gasteiger partial charge in [0.25, 0.3) is 0 Å². The van der Waals surface area contributed by atoms with Crippen molar-refractivity contribution in [2.24, 2.45) is 0 Å². The summed E-state index contributed by atoms with van der Waals surface area (Å²) in [6.45, 7) is 2.94. The van der Waals surface area contributed by atoms with Crippen molar-refractivity contribution in [2.45, 2.75) is 19.5 Å². The van der Waals surface area contributed by atoms with Gasteiger partial charge in [0.2, 0.25) is 0 Å². The van der Waals surface area contributed by atoms with Crippen LogP contribution in [0.4, 0.5) is 0 Å². The average Bonchev–Trinajstić information content (AvgIpc) is 3.08. The Bertz CT molecular complexity index is 757. The summed E-state index contributed by atoms with van der Waals surface area (Å²) in [4.78, 5) is 19.7. The van der Waals surface area contributed by atoms with Gasteiger partial charge in [-0.2, -0.15) is 11.3 Å². The lowest BCUT2D eigenvalue weighted by molar-refractivity contribution is 0.243. The van der Waals surface area contributed by atoms with Crippen molar-refractivity contribution in [1.82, 2.24) is 24.8 Å². The zero-order valence-electron chi connectivity index (χ0n) is 12.0. The maximum atomic E-state index is 4.70. The van der Waals surface area contributed by atoms with Gasteiger partial charge in [-0.3, -0.25) is 4.90 Å². The van der Waals surface area contributed by atoms with Crippen LogP contribution in [0, 0.1) is 0 Å². The molecule has 5 nitrogen and oxygen atoms in total. The van der Waals surface area contributed by atoms with Crippen LogP contribution in [0.5, 0.6) is 0 Å². The van der Waals surface area contributed by atoms with E-state index < -0.39 is 0 Å². The van der Waals surface area contributed by atoms with E-state index in [4.69, 9.17) is 4.98 Å². The van der Waals surface area contributed by atoms with Gasteiger partial charge in [0.1, 0.15) is 6.33 Å². The van der Waals surface area contributed by atoms with Crippen LogP contribution in [0.25, 0.3) is 11.4 Å². The minimum atomic E-state index is 0.714. The molecule has 0 aliphatic carbocycles. The molecule has 0 saturated carbocycles. The Balaban J connectivity index is 1.54. The summed E-state index contributed by atoms with van der Waals surface area (Å²) in [5, 5.41) is 4.34. The highest BCUT2D eigenvalue weighted by atomic mass is 32.1. The molecular weight excluding hydrogens is 294 g/mol. The van der Waals surface area contributed by atoms with E-state index in [1.807, 2.05) is 6.20 Å². The standard InChI is InChI=1S/C16H15N5S/c1-3-21(8-12-2-4-22-10-12)9-14-7-19-16(20-15(1)14)13-5-17-11-18-6-13/h2,4-7,10-11H,1,3,8-9H2. The first-order valence-corrected chi connectivity index (χ1v) is 8.16. The molecule has 0 bridgehead atoms. The molecule has 4 rings (SSSR count). The van der Waals surface area contributed by atoms with Crippen molar-refractivity contribution < 1.29 is 0 Å². The average molecular weight is 309 g/mol. The lowest BCUT2D eigenvalue weighted by atomic mass is 10.1. The van der Waals surface area contributed by atoms with Crippen LogP contribution in [0.2, 0.25) is 0 Å². The first kappa shape index (κ1) is 13.5. The second kappa shape index (κ2) is 5.90. The molecule has 1 aliphatic rings. The highest BCUT2D eigenvalue weighted by Crippen LogP contribution is 2.21. The van der Waals surface area contributed by atoms with Gasteiger partial charge in [-0.05, 0) is 22.4 Å². The van der Waals surface area contributed by atoms with Crippen LogP contribution in [-0.2, 0) is 19.5 Å². The van der Waals surface area contributed by atoms with Gasteiger partial charge in [0.15, 0.2) is 5.82 Å². The zero-order valence-corrected chi connectivity index (χ0v) is 12.8. The fourth-order valence-electron chi connectivity index (χ4n) is 2.70. The molecule has 6 heteroatoms. The Kier molecular flexibility index (Phi) is 3.62. The summed E-state index contributed by atoms with van der Waals surface area (Å²) >= 11 is 1.75. The molecule has 0 amide bonds. The highest BCUT2D eigenvalue weighted by Gasteiger charge is 2.19. The number of fused-ring (bicyclic) bond motifs is 1. The second-order valence-electron chi connectivity index (χ2n) is 5.38. The van der Waals surface area contributed by atoms with Gasteiger partial charge < -0.3 is 0 Å². The van der Waals surface area contributed by atoms with Crippen LogP contribution in [0.1, 0.15) is 16.8 Å². The van der Waals surface area contributed by atoms with Gasteiger partial charge in [0.05, 0.1) is 11.3 Å². The fourth-order valence-corrected chi connectivity index (χ4v) is 3.36. The third-order valence-electron chi connectivity index (χ3n) is 3.82. The Morgan fingerprint density at radius 2 is 2.09 bits per heavy atom. The molecule has 0 unspecified atom stereocenters. The third kappa shape index (κ3) is 2.75. The Hall–Kier alpha value is -2.18. The molecule has 0 N–H and O–H groups in total. The maximum absolute atomic E-state index is 4.70. The van der Waals surface area contributed by atoms with Gasteiger partial charge in [-0.25, -0.2) is 19.9 Å². The van der Waals surface area contributed by atoms with Crippen molar-refractivity contribution >= 4 is 11.3 Å². The largest absolute Gasteiger partial charge is 0.294 e. The quantitative estimate of drug-likeness (QED) is 0.744. The summed E-state index contributed by atoms with van der Waals surface area (Å²) in [5.41, 5.74) is 4.62. The smallest absolute Gasteiger partial charge is 0.162 e. The number of thiophene rings is 1. The number of nitrogens with zero attached hydrogens (tertiary/aromatic N) is 5. The van der Waals surface area contributed by atoms with E-state index in [0.717, 1.165) is 37.3 Å². The van der Waals surface area contributed by atoms with Crippen molar-refractivity contribution in [2.75, 3.05) is 6.54 Å². The number of rotatable bonds is 3. The summed E-state index contributed by atoms with van der Waals surface area (Å²) in [6, 6.07) is 2.19. The minimum Gasteiger partial charge on any atom is -0.294 e. The fraction of sp³-hybridized carbons (Fsp3) is 0.250. The van der Waals surface area contributed by atoms with Crippen molar-refractivity contribution in [3.05, 3.63) is 58.6 Å². The molecule has 22 heavy (non-hydrogen) atoms. The first-order chi connectivity index (χ1) is 10.9. The summed E-state index contributed by atoms with van der Waals surface area (Å²) in [5.74, 6) is 0.714. The Morgan fingerprint density at radius 3 is 2.91 bits per heavy atom. The van der Waals surface area contributed by atoms with Gasteiger partial charge >= 0.3 is 0 Å². The highest BCUT2D eigenvalue weighted by molar-refractivity contribution is 7.07.